The van der Waals surface area contributed by atoms with Crippen molar-refractivity contribution in [3.8, 4) is 0 Å². The number of Topliss-reactive ketones (excluding diaryl/α,β-unsaturated/α-hetero) is 2. The number of H-pyrrole nitrogens is 2. The number of hydrogen-bond donors (Lipinski definition) is 9. The largest absolute Gasteiger partial charge is 0.368 e. The van der Waals surface area contributed by atoms with Gasteiger partial charge < -0.3 is 47.6 Å². The number of amides is 7. The van der Waals surface area contributed by atoms with Gasteiger partial charge in [0.15, 0.2) is 5.78 Å². The molecule has 67 heavy (non-hydrogen) atoms. The number of nitrogens with one attached hydrogen (secondary N) is 8. The third-order valence-corrected chi connectivity index (χ3v) is 11.9. The van der Waals surface area contributed by atoms with Crippen LogP contribution in [0.5, 0.6) is 0 Å². The van der Waals surface area contributed by atoms with Gasteiger partial charge in [0.1, 0.15) is 30.0 Å². The number of ketones is 2. The fourth-order valence-corrected chi connectivity index (χ4v) is 8.04. The molecule has 19 heteroatoms. The van der Waals surface area contributed by atoms with E-state index in [1.54, 1.807) is 43.5 Å². The Morgan fingerprint density at radius 2 is 1.57 bits per heavy atom. The third-order valence-electron chi connectivity index (χ3n) is 11.9. The highest BCUT2D eigenvalue weighted by atomic mass is 16.2. The standard InChI is InChI=1S/C48H62N10O9/c1-4-5-14-36(54-29(3)59)46(65)55-37-16-17-43(62)51-19-18-31(45(64)57-39(44(49)63)22-32-25-52-35-15-10-9-13-34(32)35)23-41(60)28(2)20-42(61)38(21-30-11-7-6-8-12-30)56-48(67)40(58-47(37)66)24-33-26-50-27-53-33/h6-13,15,25-28,31,36-40,52H,4-5,14,16-24H2,1-3H3,(H2,49,63)(H,50,53)(H,51,62)(H,54,59)(H,55,65)(H,56,67)(H,57,64)(H,58,66)/t28-,31-,36+,37+,38-,39+,40+/m1/s1. The van der Waals surface area contributed by atoms with Crippen LogP contribution in [0.3, 0.4) is 0 Å². The fraction of sp³-hybridized carbons (Fsp3) is 0.458. The van der Waals surface area contributed by atoms with Gasteiger partial charge in [0.25, 0.3) is 0 Å². The van der Waals surface area contributed by atoms with Crippen molar-refractivity contribution in [2.24, 2.45) is 17.6 Å². The molecule has 1 aliphatic rings. The van der Waals surface area contributed by atoms with Crippen LogP contribution < -0.4 is 37.6 Å². The number of aromatic nitrogens is 3. The number of carbonyl (C=O) groups is 9. The molecule has 7 atom stereocenters. The van der Waals surface area contributed by atoms with E-state index in [0.717, 1.165) is 22.9 Å². The quantitative estimate of drug-likeness (QED) is 0.0828. The Bertz CT molecular complexity index is 2370. The Labute approximate surface area is 388 Å². The number of benzene rings is 2. The first-order valence-electron chi connectivity index (χ1n) is 22.8. The van der Waals surface area contributed by atoms with E-state index in [0.29, 0.717) is 17.7 Å². The predicted octanol–water partition coefficient (Wildman–Crippen LogP) is 1.51. The Morgan fingerprint density at radius 3 is 2.27 bits per heavy atom. The lowest BCUT2D eigenvalue weighted by atomic mass is 9.87. The molecule has 0 saturated carbocycles. The van der Waals surface area contributed by atoms with Gasteiger partial charge in [0, 0.05) is 86.4 Å². The number of rotatable bonds is 15. The Hall–Kier alpha value is -7.18. The topological polar surface area (TPSA) is 296 Å². The van der Waals surface area contributed by atoms with Crippen molar-refractivity contribution in [1.29, 1.82) is 0 Å². The van der Waals surface area contributed by atoms with Crippen LogP contribution in [0.15, 0.2) is 73.3 Å². The van der Waals surface area contributed by atoms with Crippen LogP contribution in [-0.2, 0) is 62.4 Å². The van der Waals surface area contributed by atoms with Crippen molar-refractivity contribution >= 4 is 63.8 Å². The number of primary amides is 1. The summed E-state index contributed by atoms with van der Waals surface area (Å²) in [7, 11) is 0. The van der Waals surface area contributed by atoms with Crippen LogP contribution in [0.4, 0.5) is 0 Å². The lowest BCUT2D eigenvalue weighted by molar-refractivity contribution is -0.135. The number of para-hydroxylation sites is 1. The summed E-state index contributed by atoms with van der Waals surface area (Å²) in [5, 5.41) is 17.1. The molecule has 0 spiro atoms. The van der Waals surface area contributed by atoms with E-state index in [1.807, 2.05) is 31.2 Å². The molecule has 358 valence electrons. The SMILES string of the molecule is CCCC[C@H](NC(C)=O)C(=O)N[C@H]1CCC(=O)NCC[C@@H](C(=O)N[C@@H](Cc2c[nH]c3ccccc23)C(N)=O)CC(=O)[C@H](C)CC(=O)[C@@H](Cc2ccccc2)NC(=O)[C@H](Cc2cnc[nH]2)NC1=O. The maximum Gasteiger partial charge on any atom is 0.243 e. The minimum Gasteiger partial charge on any atom is -0.368 e. The number of hydrogen-bond acceptors (Lipinski definition) is 10. The summed E-state index contributed by atoms with van der Waals surface area (Å²) >= 11 is 0. The van der Waals surface area contributed by atoms with Gasteiger partial charge >= 0.3 is 0 Å². The van der Waals surface area contributed by atoms with Crippen molar-refractivity contribution in [2.75, 3.05) is 6.54 Å². The second-order valence-electron chi connectivity index (χ2n) is 17.2. The minimum absolute atomic E-state index is 0.0434. The molecular formula is C48H62N10O9. The van der Waals surface area contributed by atoms with Crippen molar-refractivity contribution in [1.82, 2.24) is 46.9 Å². The van der Waals surface area contributed by atoms with E-state index >= 15 is 0 Å². The first-order valence-corrected chi connectivity index (χ1v) is 22.8. The maximum absolute atomic E-state index is 14.3. The predicted molar refractivity (Wildman–Crippen MR) is 247 cm³/mol. The van der Waals surface area contributed by atoms with E-state index in [4.69, 9.17) is 5.73 Å². The molecule has 0 radical (unpaired) electrons. The second-order valence-corrected chi connectivity index (χ2v) is 17.2. The number of nitrogens with two attached hydrogens (primary N) is 1. The van der Waals surface area contributed by atoms with Crippen LogP contribution in [0.2, 0.25) is 0 Å². The van der Waals surface area contributed by atoms with Gasteiger partial charge in [-0.1, -0.05) is 75.2 Å². The molecule has 1 aliphatic heterocycles. The van der Waals surface area contributed by atoms with Crippen LogP contribution in [0.25, 0.3) is 10.9 Å². The molecule has 1 fully saturated rings. The van der Waals surface area contributed by atoms with Crippen molar-refractivity contribution < 1.29 is 43.2 Å². The molecular weight excluding hydrogens is 861 g/mol. The molecule has 1 saturated heterocycles. The van der Waals surface area contributed by atoms with Crippen molar-refractivity contribution in [2.45, 2.75) is 122 Å². The van der Waals surface area contributed by atoms with Gasteiger partial charge in [-0.15, -0.1) is 0 Å². The molecule has 10 N–H and O–H groups in total. The molecule has 2 aromatic carbocycles. The minimum atomic E-state index is -1.38. The van der Waals surface area contributed by atoms with Crippen LogP contribution >= 0.6 is 0 Å². The third kappa shape index (κ3) is 15.5. The number of imidazole rings is 1. The number of fused-ring (bicyclic) bond motifs is 1. The molecule has 5 rings (SSSR count). The number of unbranched alkanes of at least 4 members (excludes halogenated alkanes) is 1. The first-order chi connectivity index (χ1) is 32.1. The van der Waals surface area contributed by atoms with Crippen LogP contribution in [0.1, 0.15) is 89.0 Å². The van der Waals surface area contributed by atoms with Gasteiger partial charge in [0.2, 0.25) is 41.4 Å². The lowest BCUT2D eigenvalue weighted by Crippen LogP contribution is -2.58. The van der Waals surface area contributed by atoms with E-state index < -0.39 is 95.0 Å². The van der Waals surface area contributed by atoms with Crippen LogP contribution in [0, 0.1) is 11.8 Å². The normalized spacial score (nSPS) is 21.3. The summed E-state index contributed by atoms with van der Waals surface area (Å²) in [6.45, 7) is 4.64. The Kier molecular flexibility index (Phi) is 18.9. The molecule has 0 unspecified atom stereocenters. The van der Waals surface area contributed by atoms with Gasteiger partial charge in [-0.2, -0.15) is 0 Å². The summed E-state index contributed by atoms with van der Waals surface area (Å²) < 4.78 is 0. The maximum atomic E-state index is 14.3. The molecule has 4 aromatic rings. The van der Waals surface area contributed by atoms with E-state index in [9.17, 15) is 43.2 Å². The fourth-order valence-electron chi connectivity index (χ4n) is 8.04. The summed E-state index contributed by atoms with van der Waals surface area (Å²) in [6.07, 6.45) is 4.90. The molecule has 2 aromatic heterocycles. The highest BCUT2D eigenvalue weighted by molar-refractivity contribution is 5.98. The number of aromatic amines is 2. The monoisotopic (exact) mass is 922 g/mol. The van der Waals surface area contributed by atoms with Gasteiger partial charge in [-0.25, -0.2) is 4.98 Å². The Balaban J connectivity index is 1.45. The van der Waals surface area contributed by atoms with Gasteiger partial charge in [0.05, 0.1) is 12.4 Å². The molecule has 7 amide bonds. The van der Waals surface area contributed by atoms with Crippen molar-refractivity contribution in [3.63, 3.8) is 0 Å². The van der Waals surface area contributed by atoms with E-state index in [1.165, 1.54) is 19.4 Å². The molecule has 19 nitrogen and oxygen atoms in total. The summed E-state index contributed by atoms with van der Waals surface area (Å²) in [5.74, 6) is -7.61. The average molecular weight is 923 g/mol. The Morgan fingerprint density at radius 1 is 0.836 bits per heavy atom. The highest BCUT2D eigenvalue weighted by Crippen LogP contribution is 2.21. The zero-order valence-electron chi connectivity index (χ0n) is 38.2. The zero-order chi connectivity index (χ0) is 48.5. The van der Waals surface area contributed by atoms with E-state index in [-0.39, 0.29) is 64.3 Å². The van der Waals surface area contributed by atoms with Gasteiger partial charge in [-0.05, 0) is 42.9 Å². The van der Waals surface area contributed by atoms with Crippen LogP contribution in [-0.4, -0.2) is 105 Å². The highest BCUT2D eigenvalue weighted by Gasteiger charge is 2.34. The lowest BCUT2D eigenvalue weighted by Gasteiger charge is -2.26. The zero-order valence-corrected chi connectivity index (χ0v) is 38.2. The molecule has 3 heterocycles. The van der Waals surface area contributed by atoms with E-state index in [2.05, 4.69) is 46.9 Å². The number of carbonyl (C=O) groups excluding carboxylic acids is 9. The summed E-state index contributed by atoms with van der Waals surface area (Å²) in [6, 6.07) is 10.3. The summed E-state index contributed by atoms with van der Waals surface area (Å²) in [4.78, 5) is 133. The molecule has 0 aliphatic carbocycles. The first kappa shape index (κ1) is 50.8. The summed E-state index contributed by atoms with van der Waals surface area (Å²) in [5.41, 5.74) is 8.52. The van der Waals surface area contributed by atoms with Crippen molar-refractivity contribution in [3.05, 3.63) is 90.1 Å². The van der Waals surface area contributed by atoms with Gasteiger partial charge in [-0.3, -0.25) is 43.2 Å². The average Bonchev–Trinajstić information content (AvgIpc) is 3.97. The second kappa shape index (κ2) is 24.9. The number of nitrogens with zero attached hydrogens (tertiary/aromatic N) is 1. The molecule has 0 bridgehead atoms. The smallest absolute Gasteiger partial charge is 0.243 e.